The molecule has 14 heavy (non-hydrogen) atoms. The van der Waals surface area contributed by atoms with Crippen LogP contribution in [0.3, 0.4) is 0 Å². The Morgan fingerprint density at radius 2 is 2.36 bits per heavy atom. The van der Waals surface area contributed by atoms with Gasteiger partial charge in [-0.15, -0.1) is 11.3 Å². The number of aryl methyl sites for hydroxylation is 1. The predicted octanol–water partition coefficient (Wildman–Crippen LogP) is 4.04. The molecule has 1 N–H and O–H groups in total. The van der Waals surface area contributed by atoms with Crippen LogP contribution in [0.4, 0.5) is 0 Å². The van der Waals surface area contributed by atoms with E-state index in [-0.39, 0.29) is 6.10 Å². The summed E-state index contributed by atoms with van der Waals surface area (Å²) in [6, 6.07) is 2.09. The van der Waals surface area contributed by atoms with Gasteiger partial charge < -0.3 is 5.11 Å². The van der Waals surface area contributed by atoms with E-state index in [1.807, 2.05) is 0 Å². The van der Waals surface area contributed by atoms with Gasteiger partial charge in [0, 0.05) is 14.2 Å². The monoisotopic (exact) mass is 274 g/mol. The van der Waals surface area contributed by atoms with E-state index < -0.39 is 0 Å². The molecule has 0 aliphatic heterocycles. The summed E-state index contributed by atoms with van der Waals surface area (Å²) in [5, 5.41) is 10.0. The molecule has 0 saturated heterocycles. The quantitative estimate of drug-likeness (QED) is 0.882. The Bertz CT molecular complexity index is 317. The van der Waals surface area contributed by atoms with Crippen LogP contribution in [0.1, 0.15) is 41.5 Å². The first-order valence-corrected chi connectivity index (χ1v) is 6.71. The predicted molar refractivity (Wildman–Crippen MR) is 63.7 cm³/mol. The minimum atomic E-state index is -0.256. The Morgan fingerprint density at radius 1 is 1.64 bits per heavy atom. The smallest absolute Gasteiger partial charge is 0.0896 e. The molecule has 0 amide bonds. The molecule has 2 rings (SSSR count). The third kappa shape index (κ3) is 2.20. The van der Waals surface area contributed by atoms with Gasteiger partial charge in [-0.2, -0.15) is 0 Å². The maximum absolute atomic E-state index is 10.0. The first kappa shape index (κ1) is 10.7. The molecule has 1 aliphatic carbocycles. The third-order valence-corrected chi connectivity index (χ3v) is 4.99. The number of hydrogen-bond donors (Lipinski definition) is 1. The van der Waals surface area contributed by atoms with Crippen LogP contribution in [-0.2, 0) is 0 Å². The lowest BCUT2D eigenvalue weighted by molar-refractivity contribution is 0.121. The van der Waals surface area contributed by atoms with Crippen molar-refractivity contribution in [1.82, 2.24) is 0 Å². The zero-order valence-corrected chi connectivity index (χ0v) is 10.7. The van der Waals surface area contributed by atoms with Gasteiger partial charge in [-0.05, 0) is 41.3 Å². The minimum absolute atomic E-state index is 0.256. The van der Waals surface area contributed by atoms with E-state index in [0.29, 0.717) is 0 Å². The topological polar surface area (TPSA) is 20.2 Å². The lowest BCUT2D eigenvalue weighted by Crippen LogP contribution is -2.14. The maximum atomic E-state index is 10.0. The molecule has 1 saturated carbocycles. The summed E-state index contributed by atoms with van der Waals surface area (Å²) in [6.45, 7) is 2.08. The summed E-state index contributed by atoms with van der Waals surface area (Å²) in [7, 11) is 0. The Kier molecular flexibility index (Phi) is 3.30. The second kappa shape index (κ2) is 4.33. The SMILES string of the molecule is Cc1cc(Br)c(C(O)CC2CCC2)s1. The molecule has 1 atom stereocenters. The molecule has 1 heterocycles. The maximum Gasteiger partial charge on any atom is 0.0896 e. The van der Waals surface area contributed by atoms with E-state index in [9.17, 15) is 5.11 Å². The van der Waals surface area contributed by atoms with Crippen LogP contribution < -0.4 is 0 Å². The fraction of sp³-hybridized carbons (Fsp3) is 0.636. The lowest BCUT2D eigenvalue weighted by Gasteiger charge is -2.27. The van der Waals surface area contributed by atoms with Crippen molar-refractivity contribution in [2.75, 3.05) is 0 Å². The minimum Gasteiger partial charge on any atom is -0.388 e. The Labute approximate surface area is 97.3 Å². The van der Waals surface area contributed by atoms with Crippen LogP contribution in [0.25, 0.3) is 0 Å². The number of thiophene rings is 1. The van der Waals surface area contributed by atoms with Crippen molar-refractivity contribution in [2.24, 2.45) is 5.92 Å². The standard InChI is InChI=1S/C11H15BrOS/c1-7-5-9(12)11(14-7)10(13)6-8-3-2-4-8/h5,8,10,13H,2-4,6H2,1H3. The zero-order valence-electron chi connectivity index (χ0n) is 8.29. The van der Waals surface area contributed by atoms with Gasteiger partial charge in [-0.25, -0.2) is 0 Å². The fourth-order valence-corrected chi connectivity index (χ4v) is 3.79. The van der Waals surface area contributed by atoms with Gasteiger partial charge in [0.2, 0.25) is 0 Å². The zero-order chi connectivity index (χ0) is 10.1. The van der Waals surface area contributed by atoms with Crippen molar-refractivity contribution in [3.05, 3.63) is 20.3 Å². The number of halogens is 1. The highest BCUT2D eigenvalue weighted by Crippen LogP contribution is 2.39. The van der Waals surface area contributed by atoms with Crippen molar-refractivity contribution in [3.8, 4) is 0 Å². The van der Waals surface area contributed by atoms with Gasteiger partial charge in [0.15, 0.2) is 0 Å². The average molecular weight is 275 g/mol. The summed E-state index contributed by atoms with van der Waals surface area (Å²) in [4.78, 5) is 2.37. The van der Waals surface area contributed by atoms with E-state index in [1.165, 1.54) is 24.1 Å². The highest BCUT2D eigenvalue weighted by molar-refractivity contribution is 9.10. The summed E-state index contributed by atoms with van der Waals surface area (Å²) in [6.07, 6.45) is 4.65. The van der Waals surface area contributed by atoms with E-state index in [1.54, 1.807) is 11.3 Å². The number of hydrogen-bond acceptors (Lipinski definition) is 2. The van der Waals surface area contributed by atoms with E-state index in [2.05, 4.69) is 28.9 Å². The Balaban J connectivity index is 2.02. The summed E-state index contributed by atoms with van der Waals surface area (Å²) >= 11 is 5.20. The molecule has 1 fully saturated rings. The van der Waals surface area contributed by atoms with E-state index in [0.717, 1.165) is 21.7 Å². The Morgan fingerprint density at radius 3 is 2.79 bits per heavy atom. The summed E-state index contributed by atoms with van der Waals surface area (Å²) in [5.74, 6) is 0.763. The average Bonchev–Trinajstić information content (AvgIpc) is 2.37. The molecule has 0 radical (unpaired) electrons. The summed E-state index contributed by atoms with van der Waals surface area (Å²) in [5.41, 5.74) is 0. The lowest BCUT2D eigenvalue weighted by atomic mass is 9.81. The number of rotatable bonds is 3. The van der Waals surface area contributed by atoms with Gasteiger partial charge in [-0.3, -0.25) is 0 Å². The normalized spacial score (nSPS) is 19.4. The van der Waals surface area contributed by atoms with Crippen molar-refractivity contribution < 1.29 is 5.11 Å². The van der Waals surface area contributed by atoms with Crippen LogP contribution in [0.15, 0.2) is 10.5 Å². The van der Waals surface area contributed by atoms with Crippen LogP contribution in [0, 0.1) is 12.8 Å². The summed E-state index contributed by atoms with van der Waals surface area (Å²) < 4.78 is 1.08. The van der Waals surface area contributed by atoms with Crippen LogP contribution in [0.5, 0.6) is 0 Å². The second-order valence-electron chi connectivity index (χ2n) is 4.12. The molecule has 0 spiro atoms. The van der Waals surface area contributed by atoms with Gasteiger partial charge in [-0.1, -0.05) is 19.3 Å². The van der Waals surface area contributed by atoms with Crippen molar-refractivity contribution in [2.45, 2.75) is 38.7 Å². The molecule has 1 aromatic heterocycles. The fourth-order valence-electron chi connectivity index (χ4n) is 1.88. The molecule has 0 aromatic carbocycles. The highest BCUT2D eigenvalue weighted by Gasteiger charge is 2.23. The van der Waals surface area contributed by atoms with Crippen LogP contribution in [-0.4, -0.2) is 5.11 Å². The molecule has 1 aliphatic rings. The van der Waals surface area contributed by atoms with Gasteiger partial charge in [0.1, 0.15) is 0 Å². The molecule has 1 nitrogen and oxygen atoms in total. The van der Waals surface area contributed by atoms with Gasteiger partial charge in [0.05, 0.1) is 6.10 Å². The Hall–Kier alpha value is 0.140. The highest BCUT2D eigenvalue weighted by atomic mass is 79.9. The van der Waals surface area contributed by atoms with Crippen molar-refractivity contribution in [3.63, 3.8) is 0 Å². The van der Waals surface area contributed by atoms with Gasteiger partial charge >= 0.3 is 0 Å². The molecule has 0 bridgehead atoms. The van der Waals surface area contributed by atoms with E-state index in [4.69, 9.17) is 0 Å². The van der Waals surface area contributed by atoms with E-state index >= 15 is 0 Å². The number of aliphatic hydroxyl groups is 1. The van der Waals surface area contributed by atoms with Gasteiger partial charge in [0.25, 0.3) is 0 Å². The second-order valence-corrected chi connectivity index (χ2v) is 6.26. The molecule has 78 valence electrons. The molecule has 1 aromatic rings. The van der Waals surface area contributed by atoms with Crippen LogP contribution in [0.2, 0.25) is 0 Å². The molecular weight excluding hydrogens is 260 g/mol. The molecule has 1 unspecified atom stereocenters. The first-order valence-electron chi connectivity index (χ1n) is 5.10. The van der Waals surface area contributed by atoms with Crippen LogP contribution >= 0.6 is 27.3 Å². The third-order valence-electron chi connectivity index (χ3n) is 2.92. The molecule has 3 heteroatoms. The molecular formula is C11H15BrOS. The number of aliphatic hydroxyl groups excluding tert-OH is 1. The van der Waals surface area contributed by atoms with Crippen molar-refractivity contribution in [1.29, 1.82) is 0 Å². The first-order chi connectivity index (χ1) is 6.66. The van der Waals surface area contributed by atoms with Crippen molar-refractivity contribution >= 4 is 27.3 Å². The largest absolute Gasteiger partial charge is 0.388 e.